The van der Waals surface area contributed by atoms with E-state index in [9.17, 15) is 18.0 Å². The van der Waals surface area contributed by atoms with Gasteiger partial charge in [-0.3, -0.25) is 19.8 Å². The van der Waals surface area contributed by atoms with Gasteiger partial charge in [0.25, 0.3) is 5.56 Å². The van der Waals surface area contributed by atoms with E-state index in [0.29, 0.717) is 18.8 Å². The number of aromatic nitrogens is 2. The van der Waals surface area contributed by atoms with Gasteiger partial charge in [0, 0.05) is 23.4 Å². The third kappa shape index (κ3) is 3.00. The van der Waals surface area contributed by atoms with Crippen molar-refractivity contribution in [1.29, 1.82) is 0 Å². The van der Waals surface area contributed by atoms with Gasteiger partial charge in [-0.15, -0.1) is 0 Å². The Bertz CT molecular complexity index is 953. The van der Waals surface area contributed by atoms with Crippen LogP contribution in [0.2, 0.25) is 0 Å². The summed E-state index contributed by atoms with van der Waals surface area (Å²) < 4.78 is 34.8. The Morgan fingerprint density at radius 2 is 2.00 bits per heavy atom. The summed E-state index contributed by atoms with van der Waals surface area (Å²) in [4.78, 5) is 23.8. The molecule has 2 aromatic rings. The number of nitrogens with one attached hydrogen (secondary N) is 2. The highest BCUT2D eigenvalue weighted by molar-refractivity contribution is 7.90. The van der Waals surface area contributed by atoms with Gasteiger partial charge in [0.05, 0.1) is 13.2 Å². The number of hydrogen-bond acceptors (Lipinski definition) is 6. The van der Waals surface area contributed by atoms with Gasteiger partial charge < -0.3 is 9.47 Å². The van der Waals surface area contributed by atoms with E-state index in [4.69, 9.17) is 9.47 Å². The molecule has 1 fully saturated rings. The van der Waals surface area contributed by atoms with Crippen molar-refractivity contribution in [2.24, 2.45) is 0 Å². The number of benzene rings is 1. The lowest BCUT2D eigenvalue weighted by Gasteiger charge is -2.28. The molecule has 0 aliphatic carbocycles. The maximum Gasteiger partial charge on any atom is 0.264 e. The Kier molecular flexibility index (Phi) is 4.06. The van der Waals surface area contributed by atoms with E-state index in [2.05, 4.69) is 10.2 Å². The molecule has 2 heterocycles. The number of ketones is 1. The minimum absolute atomic E-state index is 0.0195. The van der Waals surface area contributed by atoms with Crippen LogP contribution in [-0.2, 0) is 14.6 Å². The predicted octanol–water partition coefficient (Wildman–Crippen LogP) is 0.424. The lowest BCUT2D eigenvalue weighted by atomic mass is 10.0. The largest absolute Gasteiger partial charge is 0.484 e. The first kappa shape index (κ1) is 16.5. The molecule has 9 heteroatoms. The minimum atomic E-state index is -3.53. The molecule has 128 valence electrons. The fraction of sp³-hybridized carbons (Fsp3) is 0.333. The van der Waals surface area contributed by atoms with Crippen molar-refractivity contribution < 1.29 is 22.7 Å². The summed E-state index contributed by atoms with van der Waals surface area (Å²) in [6.45, 7) is 2.35. The van der Waals surface area contributed by atoms with Crippen LogP contribution in [0.15, 0.2) is 27.9 Å². The van der Waals surface area contributed by atoms with Crippen molar-refractivity contribution >= 4 is 15.6 Å². The van der Waals surface area contributed by atoms with Crippen LogP contribution < -0.4 is 10.3 Å². The van der Waals surface area contributed by atoms with Crippen molar-refractivity contribution in [2.75, 3.05) is 19.5 Å². The van der Waals surface area contributed by atoms with Crippen molar-refractivity contribution in [3.8, 4) is 5.75 Å². The van der Waals surface area contributed by atoms with Crippen molar-refractivity contribution in [3.63, 3.8) is 0 Å². The molecule has 0 spiro atoms. The fourth-order valence-corrected chi connectivity index (χ4v) is 3.25. The number of rotatable bonds is 5. The Morgan fingerprint density at radius 3 is 2.50 bits per heavy atom. The second-order valence-electron chi connectivity index (χ2n) is 5.62. The summed E-state index contributed by atoms with van der Waals surface area (Å²) in [5, 5.41) is 4.79. The summed E-state index contributed by atoms with van der Waals surface area (Å²) in [5.41, 5.74) is 0.324. The maximum atomic E-state index is 12.5. The number of carbonyl (C=O) groups is 1. The second kappa shape index (κ2) is 5.91. The third-order valence-electron chi connectivity index (χ3n) is 3.75. The molecule has 8 nitrogen and oxygen atoms in total. The number of carbonyl (C=O) groups excluding carboxylic acids is 1. The van der Waals surface area contributed by atoms with E-state index in [1.165, 1.54) is 12.1 Å². The van der Waals surface area contributed by atoms with Crippen LogP contribution in [0.4, 0.5) is 0 Å². The number of ether oxygens (including phenoxy) is 2. The van der Waals surface area contributed by atoms with Gasteiger partial charge in [0.2, 0.25) is 5.78 Å². The highest BCUT2D eigenvalue weighted by Gasteiger charge is 2.27. The molecule has 1 aliphatic rings. The summed E-state index contributed by atoms with van der Waals surface area (Å²) in [6.07, 6.45) is 0.832. The monoisotopic (exact) mass is 352 g/mol. The molecule has 0 unspecified atom stereocenters. The molecule has 1 saturated heterocycles. The zero-order chi connectivity index (χ0) is 17.5. The maximum absolute atomic E-state index is 12.5. The fourth-order valence-electron chi connectivity index (χ4n) is 2.40. The molecule has 1 aromatic heterocycles. The molecule has 2 N–H and O–H groups in total. The molecular formula is C15H16N2O6S. The van der Waals surface area contributed by atoms with Gasteiger partial charge in [-0.25, -0.2) is 8.42 Å². The highest BCUT2D eigenvalue weighted by Crippen LogP contribution is 2.33. The van der Waals surface area contributed by atoms with Crippen LogP contribution in [0.1, 0.15) is 21.6 Å². The molecule has 1 aromatic carbocycles. The molecular weight excluding hydrogens is 336 g/mol. The van der Waals surface area contributed by atoms with Gasteiger partial charge in [-0.1, -0.05) is 0 Å². The molecule has 0 radical (unpaired) electrons. The van der Waals surface area contributed by atoms with Crippen molar-refractivity contribution in [2.45, 2.75) is 17.9 Å². The normalized spacial score (nSPS) is 15.1. The highest BCUT2D eigenvalue weighted by atomic mass is 32.2. The number of sulfone groups is 1. The molecule has 0 amide bonds. The lowest BCUT2D eigenvalue weighted by Crippen LogP contribution is -2.39. The molecule has 0 atom stereocenters. The van der Waals surface area contributed by atoms with Crippen LogP contribution in [0.25, 0.3) is 0 Å². The average Bonchev–Trinajstić information content (AvgIpc) is 2.88. The van der Waals surface area contributed by atoms with Crippen molar-refractivity contribution in [1.82, 2.24) is 10.2 Å². The minimum Gasteiger partial charge on any atom is -0.484 e. The third-order valence-corrected chi connectivity index (χ3v) is 4.87. The summed E-state index contributed by atoms with van der Waals surface area (Å²) in [5.74, 6) is -0.282. The van der Waals surface area contributed by atoms with Gasteiger partial charge in [-0.05, 0) is 19.1 Å². The second-order valence-corrected chi connectivity index (χ2v) is 7.60. The molecule has 0 saturated carbocycles. The molecule has 3 rings (SSSR count). The first-order valence-corrected chi connectivity index (χ1v) is 9.07. The van der Waals surface area contributed by atoms with Gasteiger partial charge in [-0.2, -0.15) is 0 Å². The van der Waals surface area contributed by atoms with Gasteiger partial charge in [0.1, 0.15) is 22.4 Å². The Hall–Kier alpha value is -2.39. The van der Waals surface area contributed by atoms with E-state index >= 15 is 0 Å². The van der Waals surface area contributed by atoms with E-state index in [1.807, 2.05) is 0 Å². The quantitative estimate of drug-likeness (QED) is 0.753. The van der Waals surface area contributed by atoms with Crippen LogP contribution in [0.5, 0.6) is 5.75 Å². The summed E-state index contributed by atoms with van der Waals surface area (Å²) in [6, 6.07) is 3.91. The summed E-state index contributed by atoms with van der Waals surface area (Å²) in [7, 11) is -3.53. The molecule has 0 bridgehead atoms. The predicted molar refractivity (Wildman–Crippen MR) is 84.4 cm³/mol. The SMILES string of the molecule is Cc1c(C(=O)c2cc(=O)[nH][nH]2)ccc(S(C)(=O)=O)c1OC1COC1. The van der Waals surface area contributed by atoms with Crippen LogP contribution in [-0.4, -0.2) is 50.0 Å². The number of aromatic amines is 2. The lowest BCUT2D eigenvalue weighted by molar-refractivity contribution is -0.0809. The van der Waals surface area contributed by atoms with E-state index < -0.39 is 21.2 Å². The van der Waals surface area contributed by atoms with E-state index in [-0.39, 0.29) is 28.0 Å². The first-order chi connectivity index (χ1) is 11.3. The Balaban J connectivity index is 2.09. The van der Waals surface area contributed by atoms with Crippen molar-refractivity contribution in [3.05, 3.63) is 45.4 Å². The number of H-pyrrole nitrogens is 2. The standard InChI is InChI=1S/C15H16N2O6S/c1-8-10(14(19)11-5-13(18)17-16-11)3-4-12(24(2,20)21)15(8)23-9-6-22-7-9/h3-5,9H,6-7H2,1-2H3,(H2,16,17,18). The van der Waals surface area contributed by atoms with Crippen LogP contribution in [0.3, 0.4) is 0 Å². The molecule has 24 heavy (non-hydrogen) atoms. The zero-order valence-electron chi connectivity index (χ0n) is 13.1. The Labute approximate surface area is 137 Å². The zero-order valence-corrected chi connectivity index (χ0v) is 13.9. The van der Waals surface area contributed by atoms with E-state index in [0.717, 1.165) is 12.3 Å². The Morgan fingerprint density at radius 1 is 1.29 bits per heavy atom. The molecule has 1 aliphatic heterocycles. The topological polar surface area (TPSA) is 118 Å². The number of hydrogen-bond donors (Lipinski definition) is 2. The van der Waals surface area contributed by atoms with Gasteiger partial charge in [0.15, 0.2) is 9.84 Å². The van der Waals surface area contributed by atoms with Crippen LogP contribution >= 0.6 is 0 Å². The van der Waals surface area contributed by atoms with Gasteiger partial charge >= 0.3 is 0 Å². The van der Waals surface area contributed by atoms with E-state index in [1.54, 1.807) is 6.92 Å². The smallest absolute Gasteiger partial charge is 0.264 e. The first-order valence-electron chi connectivity index (χ1n) is 7.18. The summed E-state index contributed by atoms with van der Waals surface area (Å²) >= 11 is 0. The van der Waals surface area contributed by atoms with Crippen LogP contribution in [0, 0.1) is 6.92 Å². The average molecular weight is 352 g/mol.